The molecule has 2 nitrogen and oxygen atoms in total. The lowest BCUT2D eigenvalue weighted by Gasteiger charge is -2.04. The number of pyridine rings is 1. The monoisotopic (exact) mass is 269 g/mol. The molecule has 0 saturated heterocycles. The van der Waals surface area contributed by atoms with Crippen LogP contribution in [0.5, 0.6) is 0 Å². The van der Waals surface area contributed by atoms with Crippen LogP contribution in [0.15, 0.2) is 16.9 Å². The molecule has 13 heavy (non-hydrogen) atoms. The SMILES string of the molecule is O=C(Cl)c1cncc(C(F)F)c1Br. The Kier molecular flexibility index (Phi) is 3.33. The van der Waals surface area contributed by atoms with Gasteiger partial charge in [0.05, 0.1) is 11.1 Å². The minimum absolute atomic E-state index is 0.00231. The largest absolute Gasteiger partial charge is 0.276 e. The Morgan fingerprint density at radius 2 is 2.15 bits per heavy atom. The van der Waals surface area contributed by atoms with Gasteiger partial charge in [-0.2, -0.15) is 0 Å². The number of carbonyl (C=O) groups excluding carboxylic acids is 1. The maximum atomic E-state index is 12.2. The summed E-state index contributed by atoms with van der Waals surface area (Å²) in [5, 5.41) is -0.818. The van der Waals surface area contributed by atoms with Crippen molar-refractivity contribution >= 4 is 32.8 Å². The number of nitrogens with zero attached hydrogens (tertiary/aromatic N) is 1. The number of halogens is 4. The van der Waals surface area contributed by atoms with Crippen LogP contribution >= 0.6 is 27.5 Å². The summed E-state index contributed by atoms with van der Waals surface area (Å²) in [6.45, 7) is 0. The van der Waals surface area contributed by atoms with E-state index in [9.17, 15) is 13.6 Å². The van der Waals surface area contributed by atoms with Crippen LogP contribution in [-0.2, 0) is 0 Å². The van der Waals surface area contributed by atoms with Crippen molar-refractivity contribution in [2.24, 2.45) is 0 Å². The summed E-state index contributed by atoms with van der Waals surface area (Å²) in [4.78, 5) is 14.2. The third-order valence-electron chi connectivity index (χ3n) is 1.35. The lowest BCUT2D eigenvalue weighted by atomic mass is 10.2. The van der Waals surface area contributed by atoms with Crippen molar-refractivity contribution in [1.29, 1.82) is 0 Å². The van der Waals surface area contributed by atoms with E-state index >= 15 is 0 Å². The molecule has 0 saturated carbocycles. The Morgan fingerprint density at radius 3 is 2.62 bits per heavy atom. The van der Waals surface area contributed by atoms with Crippen molar-refractivity contribution in [2.75, 3.05) is 0 Å². The van der Waals surface area contributed by atoms with Crippen molar-refractivity contribution < 1.29 is 13.6 Å². The van der Waals surface area contributed by atoms with E-state index in [1.165, 1.54) is 0 Å². The normalized spacial score (nSPS) is 10.5. The Labute approximate surface area is 86.0 Å². The predicted octanol–water partition coefficient (Wildman–Crippen LogP) is 3.16. The molecule has 1 aromatic heterocycles. The standard InChI is InChI=1S/C7H3BrClF2NO/c8-5-3(6(9)13)1-12-2-4(5)7(10)11/h1-2,7H. The average Bonchev–Trinajstić information content (AvgIpc) is 2.03. The summed E-state index contributed by atoms with van der Waals surface area (Å²) < 4.78 is 24.5. The van der Waals surface area contributed by atoms with Gasteiger partial charge in [0.25, 0.3) is 11.7 Å². The lowest BCUT2D eigenvalue weighted by molar-refractivity contribution is 0.107. The molecule has 0 unspecified atom stereocenters. The fraction of sp³-hybridized carbons (Fsp3) is 0.143. The van der Waals surface area contributed by atoms with Gasteiger partial charge in [0.15, 0.2) is 0 Å². The van der Waals surface area contributed by atoms with E-state index in [0.29, 0.717) is 0 Å². The number of alkyl halides is 2. The molecule has 70 valence electrons. The van der Waals surface area contributed by atoms with Crippen molar-refractivity contribution in [3.8, 4) is 0 Å². The van der Waals surface area contributed by atoms with Gasteiger partial charge < -0.3 is 0 Å². The topological polar surface area (TPSA) is 30.0 Å². The summed E-state index contributed by atoms with van der Waals surface area (Å²) in [6, 6.07) is 0. The lowest BCUT2D eigenvalue weighted by Crippen LogP contribution is -1.97. The summed E-state index contributed by atoms with van der Waals surface area (Å²) in [5.41, 5.74) is -0.397. The van der Waals surface area contributed by atoms with Gasteiger partial charge in [0.1, 0.15) is 0 Å². The van der Waals surface area contributed by atoms with Crippen LogP contribution < -0.4 is 0 Å². The molecule has 0 atom stereocenters. The number of hydrogen-bond acceptors (Lipinski definition) is 2. The van der Waals surface area contributed by atoms with E-state index in [1.807, 2.05) is 0 Å². The molecule has 0 amide bonds. The first-order chi connectivity index (χ1) is 6.04. The molecule has 0 aliphatic carbocycles. The minimum Gasteiger partial charge on any atom is -0.276 e. The quantitative estimate of drug-likeness (QED) is 0.773. The summed E-state index contributed by atoms with van der Waals surface area (Å²) in [5.74, 6) is 0. The molecule has 0 aromatic carbocycles. The molecule has 0 fully saturated rings. The van der Waals surface area contributed by atoms with E-state index in [2.05, 4.69) is 20.9 Å². The van der Waals surface area contributed by atoms with Crippen molar-refractivity contribution in [3.05, 3.63) is 28.0 Å². The highest BCUT2D eigenvalue weighted by Crippen LogP contribution is 2.29. The van der Waals surface area contributed by atoms with Gasteiger partial charge >= 0.3 is 0 Å². The van der Waals surface area contributed by atoms with Crippen molar-refractivity contribution in [1.82, 2.24) is 4.98 Å². The van der Waals surface area contributed by atoms with Gasteiger partial charge in [-0.05, 0) is 27.5 Å². The zero-order valence-electron chi connectivity index (χ0n) is 6.10. The Bertz CT molecular complexity index is 345. The van der Waals surface area contributed by atoms with Gasteiger partial charge in [0.2, 0.25) is 0 Å². The van der Waals surface area contributed by atoms with E-state index < -0.39 is 11.7 Å². The first-order valence-electron chi connectivity index (χ1n) is 3.15. The van der Waals surface area contributed by atoms with E-state index in [0.717, 1.165) is 12.4 Å². The third-order valence-corrected chi connectivity index (χ3v) is 2.44. The first kappa shape index (κ1) is 10.5. The third kappa shape index (κ3) is 2.22. The van der Waals surface area contributed by atoms with Crippen LogP contribution in [0.4, 0.5) is 8.78 Å². The average molecular weight is 270 g/mol. The fourth-order valence-corrected chi connectivity index (χ4v) is 1.57. The maximum absolute atomic E-state index is 12.2. The zero-order chi connectivity index (χ0) is 10.0. The molecule has 1 aromatic rings. The summed E-state index contributed by atoms with van der Waals surface area (Å²) in [6.07, 6.45) is -0.568. The van der Waals surface area contributed by atoms with Gasteiger partial charge in [0, 0.05) is 16.9 Å². The van der Waals surface area contributed by atoms with E-state index in [-0.39, 0.29) is 15.6 Å². The second-order valence-electron chi connectivity index (χ2n) is 2.16. The van der Waals surface area contributed by atoms with Gasteiger partial charge in [-0.1, -0.05) is 0 Å². The zero-order valence-corrected chi connectivity index (χ0v) is 8.44. The second-order valence-corrected chi connectivity index (χ2v) is 3.30. The Balaban J connectivity index is 3.26. The molecule has 0 aliphatic heterocycles. The predicted molar refractivity (Wildman–Crippen MR) is 47.1 cm³/mol. The van der Waals surface area contributed by atoms with Crippen LogP contribution in [-0.4, -0.2) is 10.2 Å². The second kappa shape index (κ2) is 4.11. The van der Waals surface area contributed by atoms with Crippen molar-refractivity contribution in [3.63, 3.8) is 0 Å². The minimum atomic E-state index is -2.68. The molecule has 1 rings (SSSR count). The number of carbonyl (C=O) groups is 1. The van der Waals surface area contributed by atoms with Crippen LogP contribution in [0, 0.1) is 0 Å². The smallest absolute Gasteiger partial charge is 0.266 e. The Morgan fingerprint density at radius 1 is 1.54 bits per heavy atom. The molecule has 0 N–H and O–H groups in total. The van der Waals surface area contributed by atoms with Gasteiger partial charge in [-0.15, -0.1) is 0 Å². The van der Waals surface area contributed by atoms with Crippen LogP contribution in [0.1, 0.15) is 22.3 Å². The maximum Gasteiger partial charge on any atom is 0.266 e. The van der Waals surface area contributed by atoms with Crippen LogP contribution in [0.2, 0.25) is 0 Å². The fourth-order valence-electron chi connectivity index (χ4n) is 0.750. The molecule has 0 spiro atoms. The van der Waals surface area contributed by atoms with Gasteiger partial charge in [-0.3, -0.25) is 9.78 Å². The Hall–Kier alpha value is -0.550. The first-order valence-corrected chi connectivity index (χ1v) is 4.32. The summed E-state index contributed by atoms with van der Waals surface area (Å²) >= 11 is 7.99. The molecule has 0 aliphatic rings. The molecule has 0 radical (unpaired) electrons. The molecule has 1 heterocycles. The number of rotatable bonds is 2. The highest BCUT2D eigenvalue weighted by molar-refractivity contribution is 9.10. The number of hydrogen-bond donors (Lipinski definition) is 0. The van der Waals surface area contributed by atoms with Crippen molar-refractivity contribution in [2.45, 2.75) is 6.43 Å². The van der Waals surface area contributed by atoms with Crippen LogP contribution in [0.3, 0.4) is 0 Å². The molecular formula is C7H3BrClF2NO. The molecule has 6 heteroatoms. The van der Waals surface area contributed by atoms with E-state index in [4.69, 9.17) is 11.6 Å². The molecular weight excluding hydrogens is 267 g/mol. The summed E-state index contributed by atoms with van der Waals surface area (Å²) in [7, 11) is 0. The highest BCUT2D eigenvalue weighted by atomic mass is 79.9. The van der Waals surface area contributed by atoms with E-state index in [1.54, 1.807) is 0 Å². The van der Waals surface area contributed by atoms with Crippen LogP contribution in [0.25, 0.3) is 0 Å². The molecule has 0 bridgehead atoms. The highest BCUT2D eigenvalue weighted by Gasteiger charge is 2.17. The number of aromatic nitrogens is 1. The van der Waals surface area contributed by atoms with Gasteiger partial charge in [-0.25, -0.2) is 8.78 Å².